The van der Waals surface area contributed by atoms with Crippen LogP contribution in [-0.4, -0.2) is 31.6 Å². The molecule has 86 valence electrons. The topological polar surface area (TPSA) is 38.5 Å². The molecule has 0 aliphatic rings. The molecule has 2 N–H and O–H groups in total. The highest BCUT2D eigenvalue weighted by Crippen LogP contribution is 2.11. The summed E-state index contributed by atoms with van der Waals surface area (Å²) in [7, 11) is 1.97. The smallest absolute Gasteiger partial charge is 0.119 e. The van der Waals surface area contributed by atoms with E-state index in [0.717, 1.165) is 17.9 Å². The highest BCUT2D eigenvalue weighted by molar-refractivity contribution is 5.27. The van der Waals surface area contributed by atoms with Gasteiger partial charge in [-0.15, -0.1) is 6.42 Å². The highest BCUT2D eigenvalue weighted by Gasteiger charge is 1.97. The molecule has 0 bridgehead atoms. The molecule has 0 aromatic heterocycles. The SMILES string of the molecule is C#CCN(C)CCOc1ccc(CN)cc1. The lowest BCUT2D eigenvalue weighted by Crippen LogP contribution is -2.24. The number of nitrogens with zero attached hydrogens (tertiary/aromatic N) is 1. The molecule has 3 heteroatoms. The van der Waals surface area contributed by atoms with E-state index < -0.39 is 0 Å². The Labute approximate surface area is 97.2 Å². The quantitative estimate of drug-likeness (QED) is 0.726. The van der Waals surface area contributed by atoms with Gasteiger partial charge in [-0.05, 0) is 24.7 Å². The van der Waals surface area contributed by atoms with E-state index in [1.54, 1.807) is 0 Å². The summed E-state index contributed by atoms with van der Waals surface area (Å²) in [6, 6.07) is 7.81. The van der Waals surface area contributed by atoms with E-state index in [0.29, 0.717) is 19.7 Å². The first-order chi connectivity index (χ1) is 7.76. The summed E-state index contributed by atoms with van der Waals surface area (Å²) in [6.45, 7) is 2.67. The van der Waals surface area contributed by atoms with Gasteiger partial charge < -0.3 is 10.5 Å². The van der Waals surface area contributed by atoms with Crippen molar-refractivity contribution >= 4 is 0 Å². The van der Waals surface area contributed by atoms with Crippen LogP contribution in [0.15, 0.2) is 24.3 Å². The van der Waals surface area contributed by atoms with Gasteiger partial charge in [0.25, 0.3) is 0 Å². The third-order valence-corrected chi connectivity index (χ3v) is 2.26. The largest absolute Gasteiger partial charge is 0.492 e. The zero-order chi connectivity index (χ0) is 11.8. The van der Waals surface area contributed by atoms with E-state index in [1.807, 2.05) is 36.2 Å². The first-order valence-corrected chi connectivity index (χ1v) is 5.30. The van der Waals surface area contributed by atoms with E-state index in [9.17, 15) is 0 Å². The van der Waals surface area contributed by atoms with Crippen LogP contribution in [0.25, 0.3) is 0 Å². The van der Waals surface area contributed by atoms with Gasteiger partial charge in [0.05, 0.1) is 6.54 Å². The van der Waals surface area contributed by atoms with Crippen molar-refractivity contribution in [3.63, 3.8) is 0 Å². The maximum Gasteiger partial charge on any atom is 0.119 e. The lowest BCUT2D eigenvalue weighted by Gasteiger charge is -2.13. The van der Waals surface area contributed by atoms with Gasteiger partial charge in [-0.25, -0.2) is 0 Å². The van der Waals surface area contributed by atoms with Crippen molar-refractivity contribution in [1.82, 2.24) is 4.90 Å². The number of hydrogen-bond acceptors (Lipinski definition) is 3. The molecule has 1 aromatic rings. The molecule has 0 heterocycles. The van der Waals surface area contributed by atoms with Crippen molar-refractivity contribution in [1.29, 1.82) is 0 Å². The molecule has 0 aliphatic carbocycles. The van der Waals surface area contributed by atoms with Gasteiger partial charge in [0.1, 0.15) is 12.4 Å². The van der Waals surface area contributed by atoms with Crippen LogP contribution in [0.2, 0.25) is 0 Å². The number of hydrogen-bond donors (Lipinski definition) is 1. The minimum atomic E-state index is 0.561. The Morgan fingerprint density at radius 3 is 2.62 bits per heavy atom. The third-order valence-electron chi connectivity index (χ3n) is 2.26. The molecule has 0 spiro atoms. The fourth-order valence-electron chi connectivity index (χ4n) is 1.28. The number of ether oxygens (including phenoxy) is 1. The van der Waals surface area contributed by atoms with Crippen LogP contribution in [-0.2, 0) is 6.54 Å². The average molecular weight is 218 g/mol. The summed E-state index contributed by atoms with van der Waals surface area (Å²) in [5.74, 6) is 3.45. The summed E-state index contributed by atoms with van der Waals surface area (Å²) >= 11 is 0. The van der Waals surface area contributed by atoms with E-state index >= 15 is 0 Å². The van der Waals surface area contributed by atoms with E-state index in [-0.39, 0.29) is 0 Å². The minimum Gasteiger partial charge on any atom is -0.492 e. The molecule has 1 aromatic carbocycles. The normalized spacial score (nSPS) is 10.1. The van der Waals surface area contributed by atoms with Crippen molar-refractivity contribution < 1.29 is 4.74 Å². The standard InChI is InChI=1S/C13H18N2O/c1-3-8-15(2)9-10-16-13-6-4-12(11-14)5-7-13/h1,4-7H,8-11,14H2,2H3. The summed E-state index contributed by atoms with van der Waals surface area (Å²) < 4.78 is 5.57. The van der Waals surface area contributed by atoms with E-state index in [1.165, 1.54) is 0 Å². The average Bonchev–Trinajstić information content (AvgIpc) is 2.30. The zero-order valence-corrected chi connectivity index (χ0v) is 9.65. The number of rotatable bonds is 6. The molecule has 3 nitrogen and oxygen atoms in total. The van der Waals surface area contributed by atoms with Crippen LogP contribution < -0.4 is 10.5 Å². The molecule has 0 saturated carbocycles. The molecule has 0 atom stereocenters. The number of likely N-dealkylation sites (N-methyl/N-ethyl adjacent to an activating group) is 1. The molecule has 16 heavy (non-hydrogen) atoms. The first kappa shape index (κ1) is 12.6. The summed E-state index contributed by atoms with van der Waals surface area (Å²) in [5, 5.41) is 0. The lowest BCUT2D eigenvalue weighted by molar-refractivity contribution is 0.251. The van der Waals surface area contributed by atoms with Gasteiger partial charge in [-0.1, -0.05) is 18.1 Å². The first-order valence-electron chi connectivity index (χ1n) is 5.30. The second kappa shape index (κ2) is 6.89. The minimum absolute atomic E-state index is 0.561. The summed E-state index contributed by atoms with van der Waals surface area (Å²) in [5.41, 5.74) is 6.61. The number of benzene rings is 1. The van der Waals surface area contributed by atoms with E-state index in [4.69, 9.17) is 16.9 Å². The Hall–Kier alpha value is -1.50. The molecule has 0 radical (unpaired) electrons. The van der Waals surface area contributed by atoms with Crippen LogP contribution in [0.3, 0.4) is 0 Å². The van der Waals surface area contributed by atoms with Gasteiger partial charge in [-0.3, -0.25) is 4.90 Å². The molecule has 0 unspecified atom stereocenters. The molecule has 0 saturated heterocycles. The number of nitrogens with two attached hydrogens (primary N) is 1. The molecular weight excluding hydrogens is 200 g/mol. The van der Waals surface area contributed by atoms with Crippen molar-refractivity contribution in [2.24, 2.45) is 5.73 Å². The van der Waals surface area contributed by atoms with Gasteiger partial charge in [0.2, 0.25) is 0 Å². The zero-order valence-electron chi connectivity index (χ0n) is 9.65. The predicted octanol–water partition coefficient (Wildman–Crippen LogP) is 1.09. The molecule has 0 fully saturated rings. The Morgan fingerprint density at radius 1 is 1.38 bits per heavy atom. The van der Waals surface area contributed by atoms with Gasteiger partial charge in [0, 0.05) is 13.1 Å². The van der Waals surface area contributed by atoms with Gasteiger partial charge in [-0.2, -0.15) is 0 Å². The maximum absolute atomic E-state index is 5.57. The Kier molecular flexibility index (Phi) is 5.41. The van der Waals surface area contributed by atoms with E-state index in [2.05, 4.69) is 5.92 Å². The fourth-order valence-corrected chi connectivity index (χ4v) is 1.28. The number of terminal acetylenes is 1. The van der Waals surface area contributed by atoms with Crippen molar-refractivity contribution in [3.8, 4) is 18.1 Å². The molecule has 1 rings (SSSR count). The molecular formula is C13H18N2O. The Morgan fingerprint density at radius 2 is 2.06 bits per heavy atom. The summed E-state index contributed by atoms with van der Waals surface area (Å²) in [6.07, 6.45) is 5.20. The highest BCUT2D eigenvalue weighted by atomic mass is 16.5. The fraction of sp³-hybridized carbons (Fsp3) is 0.385. The third kappa shape index (κ3) is 4.35. The predicted molar refractivity (Wildman–Crippen MR) is 66.2 cm³/mol. The maximum atomic E-state index is 5.57. The van der Waals surface area contributed by atoms with Crippen molar-refractivity contribution in [2.75, 3.05) is 26.7 Å². The van der Waals surface area contributed by atoms with Crippen molar-refractivity contribution in [2.45, 2.75) is 6.54 Å². The summed E-state index contributed by atoms with van der Waals surface area (Å²) in [4.78, 5) is 2.04. The lowest BCUT2D eigenvalue weighted by atomic mass is 10.2. The molecule has 0 amide bonds. The van der Waals surface area contributed by atoms with Crippen LogP contribution in [0, 0.1) is 12.3 Å². The van der Waals surface area contributed by atoms with Gasteiger partial charge in [0.15, 0.2) is 0 Å². The van der Waals surface area contributed by atoms with Crippen LogP contribution in [0.4, 0.5) is 0 Å². The van der Waals surface area contributed by atoms with Crippen molar-refractivity contribution in [3.05, 3.63) is 29.8 Å². The molecule has 0 aliphatic heterocycles. The monoisotopic (exact) mass is 218 g/mol. The Balaban J connectivity index is 2.29. The van der Waals surface area contributed by atoms with Gasteiger partial charge >= 0.3 is 0 Å². The van der Waals surface area contributed by atoms with Crippen LogP contribution in [0.1, 0.15) is 5.56 Å². The second-order valence-corrected chi connectivity index (χ2v) is 3.64. The van der Waals surface area contributed by atoms with Crippen LogP contribution >= 0.6 is 0 Å². The van der Waals surface area contributed by atoms with Crippen LogP contribution in [0.5, 0.6) is 5.75 Å². The second-order valence-electron chi connectivity index (χ2n) is 3.64. The Bertz CT molecular complexity index is 340.